The molecule has 0 bridgehead atoms. The van der Waals surface area contributed by atoms with Gasteiger partial charge in [0.15, 0.2) is 5.82 Å². The molecule has 0 fully saturated rings. The molecule has 0 aliphatic carbocycles. The van der Waals surface area contributed by atoms with Crippen molar-refractivity contribution in [2.24, 2.45) is 0 Å². The molecule has 0 unspecified atom stereocenters. The second-order valence-electron chi connectivity index (χ2n) is 3.54. The maximum absolute atomic E-state index is 11.4. The third-order valence-electron chi connectivity index (χ3n) is 2.34. The van der Waals surface area contributed by atoms with E-state index < -0.39 is 5.97 Å². The zero-order valence-corrected chi connectivity index (χ0v) is 9.73. The van der Waals surface area contributed by atoms with E-state index in [1.54, 1.807) is 6.92 Å². The predicted octanol–water partition coefficient (Wildman–Crippen LogP) is 1.96. The molecular weight excluding hydrogens is 218 g/mol. The van der Waals surface area contributed by atoms with Gasteiger partial charge in [-0.05, 0) is 19.4 Å². The summed E-state index contributed by atoms with van der Waals surface area (Å²) in [5, 5.41) is 6.59. The lowest BCUT2D eigenvalue weighted by Crippen LogP contribution is -2.06. The fraction of sp³-hybridized carbons (Fsp3) is 0.250. The minimum absolute atomic E-state index is 0.130. The number of aryl methyl sites for hydroxylation is 1. The topological polar surface area (TPSA) is 67.9 Å². The molecule has 0 atom stereocenters. The van der Waals surface area contributed by atoms with Gasteiger partial charge < -0.3 is 4.74 Å². The van der Waals surface area contributed by atoms with Crippen molar-refractivity contribution in [3.63, 3.8) is 0 Å². The molecule has 0 spiro atoms. The number of rotatable bonds is 3. The SMILES string of the molecule is CCOC(=O)c1nc(-c2ccccc2C)n[nH]1. The van der Waals surface area contributed by atoms with Crippen LogP contribution in [0, 0.1) is 6.92 Å². The van der Waals surface area contributed by atoms with E-state index in [2.05, 4.69) is 15.2 Å². The number of H-pyrrole nitrogens is 1. The summed E-state index contributed by atoms with van der Waals surface area (Å²) in [5.41, 5.74) is 1.96. The van der Waals surface area contributed by atoms with Crippen molar-refractivity contribution >= 4 is 5.97 Å². The van der Waals surface area contributed by atoms with Gasteiger partial charge in [0, 0.05) is 5.56 Å². The van der Waals surface area contributed by atoms with Crippen LogP contribution in [0.3, 0.4) is 0 Å². The molecule has 0 saturated heterocycles. The lowest BCUT2D eigenvalue weighted by atomic mass is 10.1. The van der Waals surface area contributed by atoms with Crippen LogP contribution < -0.4 is 0 Å². The van der Waals surface area contributed by atoms with E-state index in [1.807, 2.05) is 31.2 Å². The van der Waals surface area contributed by atoms with Gasteiger partial charge in [-0.25, -0.2) is 9.78 Å². The number of aromatic amines is 1. The van der Waals surface area contributed by atoms with Crippen molar-refractivity contribution in [3.05, 3.63) is 35.7 Å². The highest BCUT2D eigenvalue weighted by Gasteiger charge is 2.14. The first-order valence-corrected chi connectivity index (χ1v) is 5.38. The minimum Gasteiger partial charge on any atom is -0.460 e. The molecule has 2 aromatic rings. The number of hydrogen-bond acceptors (Lipinski definition) is 4. The molecule has 17 heavy (non-hydrogen) atoms. The van der Waals surface area contributed by atoms with Gasteiger partial charge in [0.05, 0.1) is 6.61 Å². The summed E-state index contributed by atoms with van der Waals surface area (Å²) in [4.78, 5) is 15.5. The van der Waals surface area contributed by atoms with Gasteiger partial charge in [0.1, 0.15) is 0 Å². The molecule has 0 saturated carbocycles. The Morgan fingerprint density at radius 3 is 2.88 bits per heavy atom. The third-order valence-corrected chi connectivity index (χ3v) is 2.34. The van der Waals surface area contributed by atoms with Gasteiger partial charge in [0.2, 0.25) is 5.82 Å². The number of hydrogen-bond donors (Lipinski definition) is 1. The Balaban J connectivity index is 2.30. The number of carbonyl (C=O) groups is 1. The molecule has 1 aromatic carbocycles. The molecular formula is C12H13N3O2. The van der Waals surface area contributed by atoms with Crippen molar-refractivity contribution in [2.45, 2.75) is 13.8 Å². The standard InChI is InChI=1S/C12H13N3O2/c1-3-17-12(16)11-13-10(14-15-11)9-7-5-4-6-8(9)2/h4-7H,3H2,1-2H3,(H,13,14,15). The third kappa shape index (κ3) is 2.33. The van der Waals surface area contributed by atoms with Crippen molar-refractivity contribution < 1.29 is 9.53 Å². The average molecular weight is 231 g/mol. The van der Waals surface area contributed by atoms with Gasteiger partial charge >= 0.3 is 5.97 Å². The average Bonchev–Trinajstić information content (AvgIpc) is 2.79. The van der Waals surface area contributed by atoms with Crippen LogP contribution in [0.4, 0.5) is 0 Å². The lowest BCUT2D eigenvalue weighted by molar-refractivity contribution is 0.0512. The largest absolute Gasteiger partial charge is 0.460 e. The van der Waals surface area contributed by atoms with Gasteiger partial charge in [-0.3, -0.25) is 5.10 Å². The highest BCUT2D eigenvalue weighted by molar-refractivity contribution is 5.85. The van der Waals surface area contributed by atoms with E-state index >= 15 is 0 Å². The quantitative estimate of drug-likeness (QED) is 0.820. The van der Waals surface area contributed by atoms with E-state index in [9.17, 15) is 4.79 Å². The summed E-state index contributed by atoms with van der Waals surface area (Å²) in [6, 6.07) is 7.73. The molecule has 0 aliphatic heterocycles. The predicted molar refractivity (Wildman–Crippen MR) is 62.5 cm³/mol. The molecule has 0 amide bonds. The van der Waals surface area contributed by atoms with Crippen LogP contribution in [0.2, 0.25) is 0 Å². The van der Waals surface area contributed by atoms with Crippen molar-refractivity contribution in [2.75, 3.05) is 6.61 Å². The van der Waals surface area contributed by atoms with Crippen LogP contribution in [-0.4, -0.2) is 27.8 Å². The molecule has 0 radical (unpaired) electrons. The van der Waals surface area contributed by atoms with Crippen LogP contribution in [-0.2, 0) is 4.74 Å². The molecule has 5 heteroatoms. The summed E-state index contributed by atoms with van der Waals surface area (Å²) in [7, 11) is 0. The minimum atomic E-state index is -0.486. The molecule has 5 nitrogen and oxygen atoms in total. The van der Waals surface area contributed by atoms with Crippen LogP contribution in [0.15, 0.2) is 24.3 Å². The first kappa shape index (κ1) is 11.3. The molecule has 1 aromatic heterocycles. The van der Waals surface area contributed by atoms with E-state index in [-0.39, 0.29) is 5.82 Å². The van der Waals surface area contributed by atoms with Crippen molar-refractivity contribution in [3.8, 4) is 11.4 Å². The molecule has 1 N–H and O–H groups in total. The Bertz CT molecular complexity index is 534. The van der Waals surface area contributed by atoms with Crippen LogP contribution in [0.1, 0.15) is 23.1 Å². The van der Waals surface area contributed by atoms with Crippen LogP contribution in [0.5, 0.6) is 0 Å². The molecule has 2 rings (SSSR count). The fourth-order valence-electron chi connectivity index (χ4n) is 1.50. The summed E-state index contributed by atoms with van der Waals surface area (Å²) in [6.07, 6.45) is 0. The van der Waals surface area contributed by atoms with E-state index in [0.29, 0.717) is 12.4 Å². The Morgan fingerprint density at radius 2 is 2.18 bits per heavy atom. The Morgan fingerprint density at radius 1 is 1.41 bits per heavy atom. The van der Waals surface area contributed by atoms with Gasteiger partial charge in [-0.1, -0.05) is 24.3 Å². The van der Waals surface area contributed by atoms with Crippen LogP contribution in [0.25, 0.3) is 11.4 Å². The number of aromatic nitrogens is 3. The first-order valence-electron chi connectivity index (χ1n) is 5.38. The molecule has 0 aliphatic rings. The maximum Gasteiger partial charge on any atom is 0.375 e. The second-order valence-corrected chi connectivity index (χ2v) is 3.54. The zero-order chi connectivity index (χ0) is 12.3. The maximum atomic E-state index is 11.4. The number of nitrogens with one attached hydrogen (secondary N) is 1. The summed E-state index contributed by atoms with van der Waals surface area (Å²) in [6.45, 7) is 4.03. The smallest absolute Gasteiger partial charge is 0.375 e. The van der Waals surface area contributed by atoms with Crippen molar-refractivity contribution in [1.29, 1.82) is 0 Å². The number of ether oxygens (including phenoxy) is 1. The zero-order valence-electron chi connectivity index (χ0n) is 9.73. The number of carbonyl (C=O) groups excluding carboxylic acids is 1. The summed E-state index contributed by atoms with van der Waals surface area (Å²) >= 11 is 0. The summed E-state index contributed by atoms with van der Waals surface area (Å²) in [5.74, 6) is 0.149. The summed E-state index contributed by atoms with van der Waals surface area (Å²) < 4.78 is 4.83. The van der Waals surface area contributed by atoms with E-state index in [1.165, 1.54) is 0 Å². The highest BCUT2D eigenvalue weighted by atomic mass is 16.5. The normalized spacial score (nSPS) is 10.2. The number of esters is 1. The van der Waals surface area contributed by atoms with Gasteiger partial charge in [-0.2, -0.15) is 5.10 Å². The second kappa shape index (κ2) is 4.78. The van der Waals surface area contributed by atoms with Crippen LogP contribution >= 0.6 is 0 Å². The van der Waals surface area contributed by atoms with Crippen molar-refractivity contribution in [1.82, 2.24) is 15.2 Å². The Labute approximate surface area is 98.8 Å². The molecule has 88 valence electrons. The van der Waals surface area contributed by atoms with E-state index in [0.717, 1.165) is 11.1 Å². The van der Waals surface area contributed by atoms with Gasteiger partial charge in [-0.15, -0.1) is 0 Å². The monoisotopic (exact) mass is 231 g/mol. The van der Waals surface area contributed by atoms with Gasteiger partial charge in [0.25, 0.3) is 0 Å². The Kier molecular flexibility index (Phi) is 3.18. The van der Waals surface area contributed by atoms with E-state index in [4.69, 9.17) is 4.74 Å². The lowest BCUT2D eigenvalue weighted by Gasteiger charge is -1.99. The first-order chi connectivity index (χ1) is 8.22. The molecule has 1 heterocycles. The fourth-order valence-corrected chi connectivity index (χ4v) is 1.50. The Hall–Kier alpha value is -2.17. The number of benzene rings is 1. The number of nitrogens with zero attached hydrogens (tertiary/aromatic N) is 2. The highest BCUT2D eigenvalue weighted by Crippen LogP contribution is 2.18.